The molecule has 4 heteroatoms. The lowest BCUT2D eigenvalue weighted by atomic mass is 10.3. The van der Waals surface area contributed by atoms with Crippen molar-refractivity contribution in [3.05, 3.63) is 28.5 Å². The van der Waals surface area contributed by atoms with Crippen LogP contribution in [0.2, 0.25) is 0 Å². The minimum atomic E-state index is -0.122. The highest BCUT2D eigenvalue weighted by molar-refractivity contribution is 9.10. The smallest absolute Gasteiger partial charge is 0.269 e. The second kappa shape index (κ2) is 4.97. The van der Waals surface area contributed by atoms with Crippen molar-refractivity contribution in [2.24, 2.45) is 0 Å². The monoisotopic (exact) mass is 242 g/mol. The quantitative estimate of drug-likeness (QED) is 0.825. The Kier molecular flexibility index (Phi) is 3.89. The SMILES string of the molecule is CCCNC(=O)c1cccc(Br)n1. The van der Waals surface area contributed by atoms with Gasteiger partial charge in [0.1, 0.15) is 10.3 Å². The molecule has 0 radical (unpaired) electrons. The van der Waals surface area contributed by atoms with Gasteiger partial charge in [-0.3, -0.25) is 4.79 Å². The highest BCUT2D eigenvalue weighted by Gasteiger charge is 2.05. The highest BCUT2D eigenvalue weighted by atomic mass is 79.9. The number of hydrogen-bond donors (Lipinski definition) is 1. The molecule has 0 fully saturated rings. The average Bonchev–Trinajstić information content (AvgIpc) is 2.14. The number of amides is 1. The molecule has 1 aromatic rings. The second-order valence-corrected chi connectivity index (χ2v) is 3.41. The Morgan fingerprint density at radius 3 is 3.00 bits per heavy atom. The van der Waals surface area contributed by atoms with Gasteiger partial charge in [0.15, 0.2) is 0 Å². The van der Waals surface area contributed by atoms with E-state index in [1.807, 2.05) is 6.92 Å². The van der Waals surface area contributed by atoms with E-state index in [9.17, 15) is 4.79 Å². The molecule has 0 aliphatic rings. The van der Waals surface area contributed by atoms with Gasteiger partial charge in [-0.15, -0.1) is 0 Å². The maximum absolute atomic E-state index is 11.4. The summed E-state index contributed by atoms with van der Waals surface area (Å²) in [6.45, 7) is 2.70. The number of nitrogens with zero attached hydrogens (tertiary/aromatic N) is 1. The maximum Gasteiger partial charge on any atom is 0.269 e. The van der Waals surface area contributed by atoms with Crippen LogP contribution in [0.5, 0.6) is 0 Å². The van der Waals surface area contributed by atoms with Crippen molar-refractivity contribution in [3.63, 3.8) is 0 Å². The van der Waals surface area contributed by atoms with E-state index < -0.39 is 0 Å². The third-order valence-electron chi connectivity index (χ3n) is 1.48. The van der Waals surface area contributed by atoms with Gasteiger partial charge in [-0.05, 0) is 34.5 Å². The van der Waals surface area contributed by atoms with Crippen LogP contribution in [0.3, 0.4) is 0 Å². The van der Waals surface area contributed by atoms with Crippen LogP contribution < -0.4 is 5.32 Å². The number of aromatic nitrogens is 1. The molecular weight excluding hydrogens is 232 g/mol. The molecule has 1 heterocycles. The van der Waals surface area contributed by atoms with Crippen LogP contribution >= 0.6 is 15.9 Å². The molecule has 70 valence electrons. The summed E-state index contributed by atoms with van der Waals surface area (Å²) in [4.78, 5) is 15.4. The standard InChI is InChI=1S/C9H11BrN2O/c1-2-6-11-9(13)7-4-3-5-8(10)12-7/h3-5H,2,6H2,1H3,(H,11,13). The number of carbonyl (C=O) groups excluding carboxylic acids is 1. The summed E-state index contributed by atoms with van der Waals surface area (Å²) < 4.78 is 0.677. The van der Waals surface area contributed by atoms with Crippen LogP contribution in [0, 0.1) is 0 Å². The van der Waals surface area contributed by atoms with Crippen LogP contribution in [0.4, 0.5) is 0 Å². The van der Waals surface area contributed by atoms with E-state index in [1.54, 1.807) is 18.2 Å². The van der Waals surface area contributed by atoms with Gasteiger partial charge in [0.2, 0.25) is 0 Å². The van der Waals surface area contributed by atoms with E-state index in [2.05, 4.69) is 26.2 Å². The summed E-state index contributed by atoms with van der Waals surface area (Å²) in [5.41, 5.74) is 0.447. The predicted molar refractivity (Wildman–Crippen MR) is 54.6 cm³/mol. The van der Waals surface area contributed by atoms with Crippen LogP contribution in [-0.4, -0.2) is 17.4 Å². The van der Waals surface area contributed by atoms with E-state index in [0.29, 0.717) is 16.8 Å². The molecule has 1 N–H and O–H groups in total. The normalized spacial score (nSPS) is 9.69. The predicted octanol–water partition coefficient (Wildman–Crippen LogP) is 1.98. The first-order chi connectivity index (χ1) is 6.24. The van der Waals surface area contributed by atoms with Crippen molar-refractivity contribution in [3.8, 4) is 0 Å². The van der Waals surface area contributed by atoms with Crippen molar-refractivity contribution in [1.29, 1.82) is 0 Å². The molecule has 0 spiro atoms. The van der Waals surface area contributed by atoms with Gasteiger partial charge in [0, 0.05) is 6.54 Å². The zero-order valence-electron chi connectivity index (χ0n) is 7.38. The largest absolute Gasteiger partial charge is 0.351 e. The molecule has 1 rings (SSSR count). The summed E-state index contributed by atoms with van der Waals surface area (Å²) in [7, 11) is 0. The molecule has 0 aliphatic carbocycles. The van der Waals surface area contributed by atoms with E-state index in [4.69, 9.17) is 0 Å². The number of rotatable bonds is 3. The first kappa shape index (κ1) is 10.2. The van der Waals surface area contributed by atoms with Crippen molar-refractivity contribution in [2.45, 2.75) is 13.3 Å². The molecule has 13 heavy (non-hydrogen) atoms. The Morgan fingerprint density at radius 1 is 1.62 bits per heavy atom. The molecule has 0 saturated carbocycles. The second-order valence-electron chi connectivity index (χ2n) is 2.60. The molecule has 0 saturated heterocycles. The van der Waals surface area contributed by atoms with Crippen molar-refractivity contribution in [1.82, 2.24) is 10.3 Å². The summed E-state index contributed by atoms with van der Waals surface area (Å²) in [5, 5.41) is 2.75. The van der Waals surface area contributed by atoms with Gasteiger partial charge < -0.3 is 5.32 Å². The van der Waals surface area contributed by atoms with Gasteiger partial charge in [-0.25, -0.2) is 4.98 Å². The fourth-order valence-corrected chi connectivity index (χ4v) is 1.21. The zero-order valence-corrected chi connectivity index (χ0v) is 8.97. The Labute approximate surface area is 85.7 Å². The Bertz CT molecular complexity index is 301. The van der Waals surface area contributed by atoms with Crippen LogP contribution in [0.15, 0.2) is 22.8 Å². The van der Waals surface area contributed by atoms with Crippen molar-refractivity contribution in [2.75, 3.05) is 6.54 Å². The first-order valence-corrected chi connectivity index (χ1v) is 4.94. The molecule has 0 bridgehead atoms. The van der Waals surface area contributed by atoms with E-state index in [0.717, 1.165) is 6.42 Å². The van der Waals surface area contributed by atoms with Gasteiger partial charge >= 0.3 is 0 Å². The number of nitrogens with one attached hydrogen (secondary N) is 1. The molecule has 1 aromatic heterocycles. The number of hydrogen-bond acceptors (Lipinski definition) is 2. The highest BCUT2D eigenvalue weighted by Crippen LogP contribution is 2.05. The zero-order chi connectivity index (χ0) is 9.68. The lowest BCUT2D eigenvalue weighted by molar-refractivity contribution is 0.0948. The van der Waals surface area contributed by atoms with Crippen molar-refractivity contribution < 1.29 is 4.79 Å². The summed E-state index contributed by atoms with van der Waals surface area (Å²) in [5.74, 6) is -0.122. The third-order valence-corrected chi connectivity index (χ3v) is 1.92. The topological polar surface area (TPSA) is 42.0 Å². The van der Waals surface area contributed by atoms with Crippen LogP contribution in [0.1, 0.15) is 23.8 Å². The van der Waals surface area contributed by atoms with E-state index in [1.165, 1.54) is 0 Å². The Morgan fingerprint density at radius 2 is 2.38 bits per heavy atom. The van der Waals surface area contributed by atoms with Gasteiger partial charge in [0.05, 0.1) is 0 Å². The minimum Gasteiger partial charge on any atom is -0.351 e. The number of carbonyl (C=O) groups is 1. The van der Waals surface area contributed by atoms with E-state index in [-0.39, 0.29) is 5.91 Å². The number of halogens is 1. The summed E-state index contributed by atoms with van der Waals surface area (Å²) in [6, 6.07) is 5.27. The number of pyridine rings is 1. The van der Waals surface area contributed by atoms with Gasteiger partial charge in [-0.1, -0.05) is 13.0 Å². The molecule has 0 atom stereocenters. The van der Waals surface area contributed by atoms with Crippen LogP contribution in [-0.2, 0) is 0 Å². The van der Waals surface area contributed by atoms with Gasteiger partial charge in [-0.2, -0.15) is 0 Å². The third kappa shape index (κ3) is 3.14. The fourth-order valence-electron chi connectivity index (χ4n) is 0.864. The fraction of sp³-hybridized carbons (Fsp3) is 0.333. The summed E-state index contributed by atoms with van der Waals surface area (Å²) >= 11 is 3.21. The molecular formula is C9H11BrN2O. The van der Waals surface area contributed by atoms with Crippen LogP contribution in [0.25, 0.3) is 0 Å². The molecule has 0 aromatic carbocycles. The Hall–Kier alpha value is -0.900. The average molecular weight is 243 g/mol. The Balaban J connectivity index is 2.66. The first-order valence-electron chi connectivity index (χ1n) is 4.14. The maximum atomic E-state index is 11.4. The molecule has 0 aliphatic heterocycles. The van der Waals surface area contributed by atoms with E-state index >= 15 is 0 Å². The summed E-state index contributed by atoms with van der Waals surface area (Å²) in [6.07, 6.45) is 0.930. The van der Waals surface area contributed by atoms with Gasteiger partial charge in [0.25, 0.3) is 5.91 Å². The van der Waals surface area contributed by atoms with Crippen molar-refractivity contribution >= 4 is 21.8 Å². The lowest BCUT2D eigenvalue weighted by Gasteiger charge is -2.02. The molecule has 1 amide bonds. The minimum absolute atomic E-state index is 0.122. The molecule has 3 nitrogen and oxygen atoms in total. The molecule has 0 unspecified atom stereocenters. The lowest BCUT2D eigenvalue weighted by Crippen LogP contribution is -2.24.